The van der Waals surface area contributed by atoms with Crippen molar-refractivity contribution < 1.29 is 0 Å². The largest absolute Gasteiger partial charge is 0.354 e. The van der Waals surface area contributed by atoms with Crippen molar-refractivity contribution in [3.63, 3.8) is 0 Å². The minimum Gasteiger partial charge on any atom is -0.354 e. The maximum Gasteiger partial charge on any atom is 0.0471 e. The van der Waals surface area contributed by atoms with Gasteiger partial charge in [-0.05, 0) is 53.1 Å². The molecule has 0 radical (unpaired) electrons. The molecule has 0 bridgehead atoms. The van der Waals surface area contributed by atoms with Crippen LogP contribution >= 0.6 is 0 Å². The molecule has 0 spiro atoms. The minimum atomic E-state index is 1.19. The molecular weight excluding hydrogens is 290 g/mol. The Kier molecular flexibility index (Phi) is 2.77. The van der Waals surface area contributed by atoms with Crippen LogP contribution in [0.1, 0.15) is 5.56 Å². The molecule has 4 aromatic carbocycles. The first-order valence-electron chi connectivity index (χ1n) is 8.29. The van der Waals surface area contributed by atoms with E-state index in [-0.39, 0.29) is 0 Å². The molecule has 1 aromatic heterocycles. The van der Waals surface area contributed by atoms with Crippen molar-refractivity contribution in [2.75, 3.05) is 0 Å². The molecule has 114 valence electrons. The van der Waals surface area contributed by atoms with Gasteiger partial charge < -0.3 is 4.98 Å². The monoisotopic (exact) mass is 307 g/mol. The van der Waals surface area contributed by atoms with E-state index in [1.54, 1.807) is 0 Å². The fraction of sp³-hybridized carbons (Fsp3) is 0.0435. The van der Waals surface area contributed by atoms with Crippen LogP contribution in [0.3, 0.4) is 0 Å². The number of benzene rings is 4. The van der Waals surface area contributed by atoms with Crippen LogP contribution in [0.15, 0.2) is 78.9 Å². The Morgan fingerprint density at radius 1 is 0.583 bits per heavy atom. The number of hydrogen-bond acceptors (Lipinski definition) is 0. The van der Waals surface area contributed by atoms with Gasteiger partial charge in [0, 0.05) is 21.8 Å². The highest BCUT2D eigenvalue weighted by Crippen LogP contribution is 2.32. The first-order chi connectivity index (χ1) is 11.8. The van der Waals surface area contributed by atoms with Gasteiger partial charge in [0.05, 0.1) is 0 Å². The molecule has 0 amide bonds. The summed E-state index contributed by atoms with van der Waals surface area (Å²) in [4.78, 5) is 3.56. The number of fused-ring (bicyclic) bond motifs is 4. The highest BCUT2D eigenvalue weighted by atomic mass is 14.7. The van der Waals surface area contributed by atoms with Crippen molar-refractivity contribution in [3.8, 4) is 11.1 Å². The molecule has 0 atom stereocenters. The zero-order chi connectivity index (χ0) is 16.1. The van der Waals surface area contributed by atoms with Gasteiger partial charge in [0.25, 0.3) is 0 Å². The number of H-pyrrole nitrogens is 1. The summed E-state index contributed by atoms with van der Waals surface area (Å²) < 4.78 is 0. The van der Waals surface area contributed by atoms with Gasteiger partial charge in [0.2, 0.25) is 0 Å². The summed E-state index contributed by atoms with van der Waals surface area (Å²) in [6, 6.07) is 28.5. The Morgan fingerprint density at radius 2 is 1.25 bits per heavy atom. The molecule has 0 unspecified atom stereocenters. The normalized spacial score (nSPS) is 11.5. The number of rotatable bonds is 1. The fourth-order valence-electron chi connectivity index (χ4n) is 3.51. The van der Waals surface area contributed by atoms with E-state index in [0.29, 0.717) is 0 Å². The molecule has 0 saturated carbocycles. The number of nitrogens with one attached hydrogen (secondary N) is 1. The molecule has 1 N–H and O–H groups in total. The van der Waals surface area contributed by atoms with Crippen LogP contribution in [0.2, 0.25) is 0 Å². The van der Waals surface area contributed by atoms with E-state index in [1.165, 1.54) is 49.3 Å². The second kappa shape index (κ2) is 4.97. The van der Waals surface area contributed by atoms with Gasteiger partial charge in [-0.3, -0.25) is 0 Å². The zero-order valence-electron chi connectivity index (χ0n) is 13.5. The Labute approximate surface area is 140 Å². The van der Waals surface area contributed by atoms with Crippen molar-refractivity contribution in [1.82, 2.24) is 4.98 Å². The molecule has 0 fully saturated rings. The number of aryl methyl sites for hydroxylation is 1. The maximum absolute atomic E-state index is 3.56. The number of hydrogen-bond donors (Lipinski definition) is 1. The zero-order valence-corrected chi connectivity index (χ0v) is 13.5. The molecule has 0 aliphatic carbocycles. The lowest BCUT2D eigenvalue weighted by molar-refractivity contribution is 1.47. The first kappa shape index (κ1) is 13.4. The smallest absolute Gasteiger partial charge is 0.0471 e. The summed E-state index contributed by atoms with van der Waals surface area (Å²) in [5.41, 5.74) is 6.20. The lowest BCUT2D eigenvalue weighted by Crippen LogP contribution is -1.79. The molecule has 0 aliphatic rings. The van der Waals surface area contributed by atoms with Gasteiger partial charge >= 0.3 is 0 Å². The van der Waals surface area contributed by atoms with Gasteiger partial charge in [-0.2, -0.15) is 0 Å². The van der Waals surface area contributed by atoms with Crippen molar-refractivity contribution in [3.05, 3.63) is 84.4 Å². The lowest BCUT2D eigenvalue weighted by Gasteiger charge is -2.03. The Bertz CT molecular complexity index is 1190. The van der Waals surface area contributed by atoms with E-state index in [0.717, 1.165) is 0 Å². The molecule has 1 heteroatoms. The Morgan fingerprint density at radius 3 is 2.04 bits per heavy atom. The first-order valence-corrected chi connectivity index (χ1v) is 8.29. The maximum atomic E-state index is 3.56. The molecule has 5 aromatic rings. The molecule has 5 rings (SSSR count). The molecule has 0 saturated heterocycles. The van der Waals surface area contributed by atoms with Gasteiger partial charge in [0.1, 0.15) is 0 Å². The summed E-state index contributed by atoms with van der Waals surface area (Å²) in [5.74, 6) is 0. The Balaban J connectivity index is 1.79. The fourth-order valence-corrected chi connectivity index (χ4v) is 3.51. The topological polar surface area (TPSA) is 15.8 Å². The average Bonchev–Trinajstić information content (AvgIpc) is 2.97. The van der Waals surface area contributed by atoms with E-state index in [2.05, 4.69) is 90.8 Å². The molecule has 0 aliphatic heterocycles. The molecular formula is C23H17N. The summed E-state index contributed by atoms with van der Waals surface area (Å²) >= 11 is 0. The van der Waals surface area contributed by atoms with Crippen LogP contribution in [-0.2, 0) is 0 Å². The predicted octanol–water partition coefficient (Wildman–Crippen LogP) is 6.45. The van der Waals surface area contributed by atoms with E-state index >= 15 is 0 Å². The van der Waals surface area contributed by atoms with Crippen LogP contribution in [0.25, 0.3) is 43.7 Å². The second-order valence-electron chi connectivity index (χ2n) is 6.50. The summed E-state index contributed by atoms with van der Waals surface area (Å²) in [5, 5.41) is 5.13. The van der Waals surface area contributed by atoms with Crippen molar-refractivity contribution in [2.45, 2.75) is 6.92 Å². The van der Waals surface area contributed by atoms with Gasteiger partial charge in [0.15, 0.2) is 0 Å². The molecule has 24 heavy (non-hydrogen) atoms. The van der Waals surface area contributed by atoms with Crippen molar-refractivity contribution in [1.29, 1.82) is 0 Å². The highest BCUT2D eigenvalue weighted by Gasteiger charge is 2.07. The average molecular weight is 307 g/mol. The SMILES string of the molecule is Cc1ccc(-c2ccc3[nH]c4cc5ccccc5cc4c3c2)cc1. The Hall–Kier alpha value is -3.06. The lowest BCUT2D eigenvalue weighted by atomic mass is 10.0. The molecule has 1 heterocycles. The minimum absolute atomic E-state index is 1.19. The summed E-state index contributed by atoms with van der Waals surface area (Å²) in [7, 11) is 0. The van der Waals surface area contributed by atoms with E-state index in [4.69, 9.17) is 0 Å². The highest BCUT2D eigenvalue weighted by molar-refractivity contribution is 6.12. The van der Waals surface area contributed by atoms with Crippen LogP contribution < -0.4 is 0 Å². The van der Waals surface area contributed by atoms with Gasteiger partial charge in [-0.15, -0.1) is 0 Å². The van der Waals surface area contributed by atoms with Crippen LogP contribution in [0, 0.1) is 6.92 Å². The van der Waals surface area contributed by atoms with Gasteiger partial charge in [-0.25, -0.2) is 0 Å². The quantitative estimate of drug-likeness (QED) is 0.366. The van der Waals surface area contributed by atoms with Gasteiger partial charge in [-0.1, -0.05) is 60.2 Å². The third-order valence-electron chi connectivity index (χ3n) is 4.85. The third-order valence-corrected chi connectivity index (χ3v) is 4.85. The third kappa shape index (κ3) is 2.02. The van der Waals surface area contributed by atoms with Crippen LogP contribution in [-0.4, -0.2) is 4.98 Å². The molecule has 1 nitrogen and oxygen atoms in total. The standard InChI is InChI=1S/C23H17N/c1-15-6-8-16(9-7-15)19-10-11-22-20(13-19)21-12-17-4-2-3-5-18(17)14-23(21)24-22/h2-14,24H,1H3. The summed E-state index contributed by atoms with van der Waals surface area (Å²) in [6.07, 6.45) is 0. The van der Waals surface area contributed by atoms with E-state index in [1.807, 2.05) is 0 Å². The number of aromatic nitrogens is 1. The summed E-state index contributed by atoms with van der Waals surface area (Å²) in [6.45, 7) is 2.12. The van der Waals surface area contributed by atoms with Crippen LogP contribution in [0.4, 0.5) is 0 Å². The van der Waals surface area contributed by atoms with E-state index in [9.17, 15) is 0 Å². The van der Waals surface area contributed by atoms with E-state index < -0.39 is 0 Å². The van der Waals surface area contributed by atoms with Crippen LogP contribution in [0.5, 0.6) is 0 Å². The van der Waals surface area contributed by atoms with Crippen molar-refractivity contribution in [2.24, 2.45) is 0 Å². The number of aromatic amines is 1. The van der Waals surface area contributed by atoms with Crippen molar-refractivity contribution >= 4 is 32.6 Å². The predicted molar refractivity (Wildman–Crippen MR) is 103 cm³/mol. The second-order valence-corrected chi connectivity index (χ2v) is 6.50.